The predicted octanol–water partition coefficient (Wildman–Crippen LogP) is 1.59. The maximum Gasteiger partial charge on any atom is 0.407 e. The summed E-state index contributed by atoms with van der Waals surface area (Å²) in [4.78, 5) is 28.6. The van der Waals surface area contributed by atoms with Crippen LogP contribution in [0.1, 0.15) is 31.4 Å². The molecule has 25 heavy (non-hydrogen) atoms. The molecule has 0 saturated carbocycles. The molecule has 3 aliphatic heterocycles. The highest BCUT2D eigenvalue weighted by Crippen LogP contribution is 2.30. The van der Waals surface area contributed by atoms with Crippen LogP contribution in [0.15, 0.2) is 22.8 Å². The van der Waals surface area contributed by atoms with E-state index in [9.17, 15) is 9.59 Å². The number of hydrogen-bond acceptors (Lipinski definition) is 5. The molecule has 0 bridgehead atoms. The second-order valence-electron chi connectivity index (χ2n) is 7.42. The third kappa shape index (κ3) is 3.51. The Hall–Kier alpha value is -2.02. The molecule has 0 unspecified atom stereocenters. The number of amides is 2. The molecule has 1 spiro atoms. The van der Waals surface area contributed by atoms with Crippen molar-refractivity contribution >= 4 is 12.0 Å². The van der Waals surface area contributed by atoms with Gasteiger partial charge in [-0.05, 0) is 50.9 Å². The van der Waals surface area contributed by atoms with Crippen LogP contribution in [-0.4, -0.2) is 60.1 Å². The topological polar surface area (TPSA) is 75.0 Å². The SMILES string of the molecule is O=C1NC[C@]2(CCCN(C(=O)C3CCN(Cc4ccco4)CC3)C2)O1. The van der Waals surface area contributed by atoms with E-state index < -0.39 is 5.60 Å². The number of likely N-dealkylation sites (tertiary alicyclic amines) is 2. The summed E-state index contributed by atoms with van der Waals surface area (Å²) in [7, 11) is 0. The fraction of sp³-hybridized carbons (Fsp3) is 0.667. The number of hydrogen-bond donors (Lipinski definition) is 1. The molecule has 1 atom stereocenters. The van der Waals surface area contributed by atoms with E-state index in [1.807, 2.05) is 17.0 Å². The first-order chi connectivity index (χ1) is 12.1. The lowest BCUT2D eigenvalue weighted by Crippen LogP contribution is -2.54. The summed E-state index contributed by atoms with van der Waals surface area (Å²) in [6.45, 7) is 4.43. The van der Waals surface area contributed by atoms with Gasteiger partial charge in [0.05, 0.1) is 25.9 Å². The van der Waals surface area contributed by atoms with Gasteiger partial charge in [-0.15, -0.1) is 0 Å². The number of carbonyl (C=O) groups excluding carboxylic acids is 2. The molecule has 3 fully saturated rings. The van der Waals surface area contributed by atoms with Crippen LogP contribution in [-0.2, 0) is 16.1 Å². The van der Waals surface area contributed by atoms with Gasteiger partial charge in [0.1, 0.15) is 11.4 Å². The number of ether oxygens (including phenoxy) is 1. The third-order valence-corrected chi connectivity index (χ3v) is 5.61. The first-order valence-corrected chi connectivity index (χ1v) is 9.14. The molecule has 4 heterocycles. The van der Waals surface area contributed by atoms with E-state index in [4.69, 9.17) is 9.15 Å². The molecule has 1 N–H and O–H groups in total. The first-order valence-electron chi connectivity index (χ1n) is 9.14. The zero-order valence-corrected chi connectivity index (χ0v) is 14.4. The molecule has 136 valence electrons. The average Bonchev–Trinajstić information content (AvgIpc) is 3.25. The first kappa shape index (κ1) is 16.4. The largest absolute Gasteiger partial charge is 0.468 e. The van der Waals surface area contributed by atoms with E-state index in [0.29, 0.717) is 13.1 Å². The molecule has 7 nitrogen and oxygen atoms in total. The van der Waals surface area contributed by atoms with Crippen molar-refractivity contribution in [2.75, 3.05) is 32.7 Å². The van der Waals surface area contributed by atoms with Gasteiger partial charge in [-0.3, -0.25) is 9.69 Å². The van der Waals surface area contributed by atoms with Crippen LogP contribution in [0.25, 0.3) is 0 Å². The second kappa shape index (κ2) is 6.71. The highest BCUT2D eigenvalue weighted by atomic mass is 16.6. The number of nitrogens with one attached hydrogen (secondary N) is 1. The molecule has 7 heteroatoms. The van der Waals surface area contributed by atoms with E-state index in [2.05, 4.69) is 10.2 Å². The molecule has 1 aromatic rings. The number of piperidine rings is 2. The van der Waals surface area contributed by atoms with Gasteiger partial charge in [0, 0.05) is 12.5 Å². The molecule has 0 radical (unpaired) electrons. The normalized spacial score (nSPS) is 28.2. The summed E-state index contributed by atoms with van der Waals surface area (Å²) >= 11 is 0. The van der Waals surface area contributed by atoms with Crippen molar-refractivity contribution in [1.29, 1.82) is 0 Å². The Morgan fingerprint density at radius 2 is 2.16 bits per heavy atom. The van der Waals surface area contributed by atoms with Crippen molar-refractivity contribution in [3.8, 4) is 0 Å². The van der Waals surface area contributed by atoms with Crippen molar-refractivity contribution in [3.05, 3.63) is 24.2 Å². The highest BCUT2D eigenvalue weighted by molar-refractivity contribution is 5.79. The number of furan rings is 1. The van der Waals surface area contributed by atoms with Gasteiger partial charge >= 0.3 is 6.09 Å². The van der Waals surface area contributed by atoms with Crippen LogP contribution in [0, 0.1) is 5.92 Å². The van der Waals surface area contributed by atoms with Crippen LogP contribution >= 0.6 is 0 Å². The van der Waals surface area contributed by atoms with E-state index in [0.717, 1.165) is 57.6 Å². The zero-order valence-electron chi connectivity index (χ0n) is 14.4. The molecular weight excluding hydrogens is 322 g/mol. The van der Waals surface area contributed by atoms with E-state index >= 15 is 0 Å². The predicted molar refractivity (Wildman–Crippen MR) is 89.7 cm³/mol. The Balaban J connectivity index is 1.30. The summed E-state index contributed by atoms with van der Waals surface area (Å²) in [5.41, 5.74) is -0.509. The minimum Gasteiger partial charge on any atom is -0.468 e. The molecule has 3 saturated heterocycles. The van der Waals surface area contributed by atoms with Crippen molar-refractivity contribution in [2.45, 2.75) is 37.8 Å². The Labute approximate surface area is 147 Å². The zero-order chi connectivity index (χ0) is 17.3. The molecule has 1 aromatic heterocycles. The van der Waals surface area contributed by atoms with E-state index in [1.54, 1.807) is 6.26 Å². The molecule has 0 aromatic carbocycles. The van der Waals surface area contributed by atoms with Gasteiger partial charge < -0.3 is 19.4 Å². The molecular formula is C18H25N3O4. The van der Waals surface area contributed by atoms with Crippen molar-refractivity contribution < 1.29 is 18.7 Å². The Bertz CT molecular complexity index is 624. The fourth-order valence-electron chi connectivity index (χ4n) is 4.23. The van der Waals surface area contributed by atoms with Gasteiger partial charge in [0.2, 0.25) is 5.91 Å². The van der Waals surface area contributed by atoms with Crippen molar-refractivity contribution in [1.82, 2.24) is 15.1 Å². The smallest absolute Gasteiger partial charge is 0.407 e. The van der Waals surface area contributed by atoms with Crippen LogP contribution < -0.4 is 5.32 Å². The summed E-state index contributed by atoms with van der Waals surface area (Å²) in [6.07, 6.45) is 4.81. The second-order valence-corrected chi connectivity index (χ2v) is 7.42. The van der Waals surface area contributed by atoms with Crippen LogP contribution in [0.2, 0.25) is 0 Å². The number of nitrogens with zero attached hydrogens (tertiary/aromatic N) is 2. The summed E-state index contributed by atoms with van der Waals surface area (Å²) in [6, 6.07) is 3.89. The Morgan fingerprint density at radius 1 is 1.32 bits per heavy atom. The highest BCUT2D eigenvalue weighted by Gasteiger charge is 2.45. The molecule has 0 aliphatic carbocycles. The minimum absolute atomic E-state index is 0.0769. The van der Waals surface area contributed by atoms with Gasteiger partial charge in [0.25, 0.3) is 0 Å². The van der Waals surface area contributed by atoms with Crippen LogP contribution in [0.5, 0.6) is 0 Å². The Kier molecular flexibility index (Phi) is 4.41. The maximum atomic E-state index is 12.9. The lowest BCUT2D eigenvalue weighted by atomic mass is 9.90. The average molecular weight is 347 g/mol. The maximum absolute atomic E-state index is 12.9. The monoisotopic (exact) mass is 347 g/mol. The Morgan fingerprint density at radius 3 is 2.84 bits per heavy atom. The number of alkyl carbamates (subject to hydrolysis) is 1. The quantitative estimate of drug-likeness (QED) is 0.899. The molecule has 2 amide bonds. The standard InChI is InChI=1S/C18H25N3O4/c22-16(21-7-2-6-18(13-21)12-19-17(23)25-18)14-4-8-20(9-5-14)11-15-3-1-10-24-15/h1,3,10,14H,2,4-9,11-13H2,(H,19,23)/t18-/m0/s1. The number of rotatable bonds is 3. The molecule has 4 rings (SSSR count). The third-order valence-electron chi connectivity index (χ3n) is 5.61. The van der Waals surface area contributed by atoms with Crippen molar-refractivity contribution in [2.24, 2.45) is 5.92 Å². The lowest BCUT2D eigenvalue weighted by molar-refractivity contribution is -0.142. The fourth-order valence-corrected chi connectivity index (χ4v) is 4.23. The van der Waals surface area contributed by atoms with Gasteiger partial charge in [0.15, 0.2) is 0 Å². The summed E-state index contributed by atoms with van der Waals surface area (Å²) in [5, 5.41) is 2.73. The van der Waals surface area contributed by atoms with Gasteiger partial charge in [-0.1, -0.05) is 0 Å². The molecule has 3 aliphatic rings. The number of carbonyl (C=O) groups is 2. The van der Waals surface area contributed by atoms with Crippen LogP contribution in [0.4, 0.5) is 4.79 Å². The summed E-state index contributed by atoms with van der Waals surface area (Å²) < 4.78 is 10.9. The van der Waals surface area contributed by atoms with Crippen molar-refractivity contribution in [3.63, 3.8) is 0 Å². The lowest BCUT2D eigenvalue weighted by Gasteiger charge is -2.40. The van der Waals surface area contributed by atoms with Crippen LogP contribution in [0.3, 0.4) is 0 Å². The van der Waals surface area contributed by atoms with E-state index in [1.165, 1.54) is 0 Å². The van der Waals surface area contributed by atoms with Gasteiger partial charge in [-0.25, -0.2) is 4.79 Å². The van der Waals surface area contributed by atoms with Gasteiger partial charge in [-0.2, -0.15) is 0 Å². The van der Waals surface area contributed by atoms with E-state index in [-0.39, 0.29) is 17.9 Å². The summed E-state index contributed by atoms with van der Waals surface area (Å²) in [5.74, 6) is 1.27. The minimum atomic E-state index is -0.509.